The molecule has 1 saturated carbocycles. The summed E-state index contributed by atoms with van der Waals surface area (Å²) in [6.07, 6.45) is 3.53. The second kappa shape index (κ2) is 6.05. The molecule has 1 unspecified atom stereocenters. The third kappa shape index (κ3) is 3.45. The van der Waals surface area contributed by atoms with Gasteiger partial charge in [0.05, 0.1) is 12.2 Å². The number of hydrogen-bond acceptors (Lipinski definition) is 7. The first-order valence-electron chi connectivity index (χ1n) is 8.34. The topological polar surface area (TPSA) is 71.4 Å². The summed E-state index contributed by atoms with van der Waals surface area (Å²) in [5.41, 5.74) is 1.01. The highest BCUT2D eigenvalue weighted by Crippen LogP contribution is 2.39. The molecule has 0 aromatic carbocycles. The van der Waals surface area contributed by atoms with Gasteiger partial charge in [0.2, 0.25) is 11.8 Å². The lowest BCUT2D eigenvalue weighted by Crippen LogP contribution is -2.34. The minimum atomic E-state index is 0.513. The van der Waals surface area contributed by atoms with Crippen molar-refractivity contribution in [2.75, 3.05) is 20.1 Å². The molecule has 124 valence electrons. The summed E-state index contributed by atoms with van der Waals surface area (Å²) in [5.74, 6) is 2.95. The standard InChI is InChI=1S/C16H23N5O2/c1-11-7-13(19-23-11)8-21-6-5-14(9-21)20(2)10-15-17-18-16(22-15)12-3-4-12/h7,12,14H,3-6,8-10H2,1-2H3. The third-order valence-electron chi connectivity index (χ3n) is 4.73. The second-order valence-electron chi connectivity index (χ2n) is 6.83. The van der Waals surface area contributed by atoms with Crippen LogP contribution in [0.4, 0.5) is 0 Å². The number of rotatable bonds is 6. The fourth-order valence-electron chi connectivity index (χ4n) is 3.21. The summed E-state index contributed by atoms with van der Waals surface area (Å²) in [5, 5.41) is 12.4. The Morgan fingerprint density at radius 2 is 2.17 bits per heavy atom. The Morgan fingerprint density at radius 3 is 2.91 bits per heavy atom. The van der Waals surface area contributed by atoms with E-state index in [0.29, 0.717) is 12.0 Å². The van der Waals surface area contributed by atoms with Crippen molar-refractivity contribution in [3.63, 3.8) is 0 Å². The van der Waals surface area contributed by atoms with Crippen LogP contribution in [0.25, 0.3) is 0 Å². The van der Waals surface area contributed by atoms with Crippen LogP contribution in [-0.4, -0.2) is 51.3 Å². The average molecular weight is 317 g/mol. The van der Waals surface area contributed by atoms with E-state index in [1.807, 2.05) is 13.0 Å². The number of nitrogens with zero attached hydrogens (tertiary/aromatic N) is 5. The van der Waals surface area contributed by atoms with Crippen LogP contribution in [0.15, 0.2) is 15.0 Å². The zero-order valence-corrected chi connectivity index (χ0v) is 13.7. The van der Waals surface area contributed by atoms with E-state index in [-0.39, 0.29) is 0 Å². The van der Waals surface area contributed by atoms with E-state index in [1.165, 1.54) is 12.8 Å². The SMILES string of the molecule is Cc1cc(CN2CCC(N(C)Cc3nnc(C4CC4)o3)C2)no1. The number of likely N-dealkylation sites (N-methyl/N-ethyl adjacent to an activating group) is 1. The zero-order valence-electron chi connectivity index (χ0n) is 13.7. The maximum atomic E-state index is 5.76. The molecule has 4 rings (SSSR count). The maximum Gasteiger partial charge on any atom is 0.230 e. The molecule has 2 aliphatic rings. The normalized spacial score (nSPS) is 22.3. The molecule has 0 amide bonds. The Kier molecular flexibility index (Phi) is 3.90. The predicted octanol–water partition coefficient (Wildman–Crippen LogP) is 1.95. The second-order valence-corrected chi connectivity index (χ2v) is 6.83. The molecular weight excluding hydrogens is 294 g/mol. The summed E-state index contributed by atoms with van der Waals surface area (Å²) < 4.78 is 10.9. The van der Waals surface area contributed by atoms with Gasteiger partial charge in [0, 0.05) is 37.7 Å². The van der Waals surface area contributed by atoms with Crippen molar-refractivity contribution in [2.45, 2.75) is 51.2 Å². The van der Waals surface area contributed by atoms with Crippen LogP contribution in [0.3, 0.4) is 0 Å². The van der Waals surface area contributed by atoms with Crippen molar-refractivity contribution in [3.05, 3.63) is 29.3 Å². The lowest BCUT2D eigenvalue weighted by Gasteiger charge is -2.22. The van der Waals surface area contributed by atoms with Gasteiger partial charge < -0.3 is 8.94 Å². The fourth-order valence-corrected chi connectivity index (χ4v) is 3.21. The molecule has 0 radical (unpaired) electrons. The van der Waals surface area contributed by atoms with E-state index >= 15 is 0 Å². The minimum Gasteiger partial charge on any atom is -0.424 e. The summed E-state index contributed by atoms with van der Waals surface area (Å²) in [7, 11) is 2.13. The lowest BCUT2D eigenvalue weighted by atomic mass is 10.2. The van der Waals surface area contributed by atoms with Crippen molar-refractivity contribution >= 4 is 0 Å². The molecule has 1 atom stereocenters. The van der Waals surface area contributed by atoms with Gasteiger partial charge in [-0.3, -0.25) is 9.80 Å². The molecule has 7 nitrogen and oxygen atoms in total. The van der Waals surface area contributed by atoms with Crippen LogP contribution in [0.2, 0.25) is 0 Å². The van der Waals surface area contributed by atoms with Gasteiger partial charge in [-0.2, -0.15) is 0 Å². The van der Waals surface area contributed by atoms with Crippen molar-refractivity contribution in [1.82, 2.24) is 25.2 Å². The maximum absolute atomic E-state index is 5.76. The first kappa shape index (κ1) is 14.8. The number of aromatic nitrogens is 3. The molecule has 0 bridgehead atoms. The molecule has 1 aliphatic heterocycles. The van der Waals surface area contributed by atoms with Gasteiger partial charge in [-0.05, 0) is 33.2 Å². The quantitative estimate of drug-likeness (QED) is 0.806. The summed E-state index contributed by atoms with van der Waals surface area (Å²) in [6, 6.07) is 2.52. The van der Waals surface area contributed by atoms with Crippen LogP contribution < -0.4 is 0 Å². The lowest BCUT2D eigenvalue weighted by molar-refractivity contribution is 0.202. The highest BCUT2D eigenvalue weighted by atomic mass is 16.5. The van der Waals surface area contributed by atoms with Crippen LogP contribution in [0, 0.1) is 6.92 Å². The molecule has 2 fully saturated rings. The first-order chi connectivity index (χ1) is 11.2. The van der Waals surface area contributed by atoms with Gasteiger partial charge in [-0.25, -0.2) is 0 Å². The monoisotopic (exact) mass is 317 g/mol. The van der Waals surface area contributed by atoms with E-state index in [2.05, 4.69) is 32.2 Å². The van der Waals surface area contributed by atoms with Crippen molar-refractivity contribution in [2.24, 2.45) is 0 Å². The molecule has 3 heterocycles. The van der Waals surface area contributed by atoms with E-state index in [0.717, 1.165) is 55.8 Å². The molecule has 23 heavy (non-hydrogen) atoms. The molecule has 0 N–H and O–H groups in total. The van der Waals surface area contributed by atoms with Gasteiger partial charge in [-0.1, -0.05) is 5.16 Å². The summed E-state index contributed by atoms with van der Waals surface area (Å²) in [4.78, 5) is 4.74. The van der Waals surface area contributed by atoms with Crippen molar-refractivity contribution in [3.8, 4) is 0 Å². The molecule has 1 aliphatic carbocycles. The Hall–Kier alpha value is -1.73. The smallest absolute Gasteiger partial charge is 0.230 e. The van der Waals surface area contributed by atoms with Gasteiger partial charge in [0.15, 0.2) is 0 Å². The largest absolute Gasteiger partial charge is 0.424 e. The van der Waals surface area contributed by atoms with Gasteiger partial charge >= 0.3 is 0 Å². The van der Waals surface area contributed by atoms with E-state index < -0.39 is 0 Å². The highest BCUT2D eigenvalue weighted by Gasteiger charge is 2.30. The van der Waals surface area contributed by atoms with Crippen LogP contribution in [0.5, 0.6) is 0 Å². The highest BCUT2D eigenvalue weighted by molar-refractivity contribution is 5.04. The third-order valence-corrected chi connectivity index (χ3v) is 4.73. The summed E-state index contributed by atoms with van der Waals surface area (Å²) in [6.45, 7) is 5.62. The van der Waals surface area contributed by atoms with E-state index in [9.17, 15) is 0 Å². The van der Waals surface area contributed by atoms with Crippen molar-refractivity contribution in [1.29, 1.82) is 0 Å². The van der Waals surface area contributed by atoms with Gasteiger partial charge in [-0.15, -0.1) is 10.2 Å². The Bertz CT molecular complexity index is 663. The van der Waals surface area contributed by atoms with Gasteiger partial charge in [0.25, 0.3) is 0 Å². The van der Waals surface area contributed by atoms with Crippen molar-refractivity contribution < 1.29 is 8.94 Å². The molecule has 0 spiro atoms. The van der Waals surface area contributed by atoms with Gasteiger partial charge in [0.1, 0.15) is 5.76 Å². The minimum absolute atomic E-state index is 0.513. The molecule has 7 heteroatoms. The number of likely N-dealkylation sites (tertiary alicyclic amines) is 1. The predicted molar refractivity (Wildman–Crippen MR) is 82.7 cm³/mol. The fraction of sp³-hybridized carbons (Fsp3) is 0.688. The average Bonchev–Trinajstić information content (AvgIpc) is 2.93. The van der Waals surface area contributed by atoms with Crippen LogP contribution in [-0.2, 0) is 13.1 Å². The molecule has 1 saturated heterocycles. The number of aryl methyl sites for hydroxylation is 1. The Balaban J connectivity index is 1.29. The molecular formula is C16H23N5O2. The van der Waals surface area contributed by atoms with E-state index in [4.69, 9.17) is 8.94 Å². The van der Waals surface area contributed by atoms with Crippen LogP contribution >= 0.6 is 0 Å². The number of hydrogen-bond donors (Lipinski definition) is 0. The molecule has 2 aromatic rings. The Morgan fingerprint density at radius 1 is 1.30 bits per heavy atom. The molecule has 2 aromatic heterocycles. The summed E-state index contributed by atoms with van der Waals surface area (Å²) >= 11 is 0. The van der Waals surface area contributed by atoms with E-state index in [1.54, 1.807) is 0 Å². The zero-order chi connectivity index (χ0) is 15.8. The Labute approximate surface area is 135 Å². The van der Waals surface area contributed by atoms with Crippen LogP contribution in [0.1, 0.15) is 48.4 Å². The first-order valence-corrected chi connectivity index (χ1v) is 8.34.